The zero-order valence-corrected chi connectivity index (χ0v) is 85.7. The van der Waals surface area contributed by atoms with Gasteiger partial charge in [0.15, 0.2) is 11.5 Å². The number of nitrogens with one attached hydrogen (secondary N) is 6. The number of para-hydroxylation sites is 3. The molecule has 5 aliphatic rings. The van der Waals surface area contributed by atoms with Crippen molar-refractivity contribution in [3.05, 3.63) is 347 Å². The van der Waals surface area contributed by atoms with Crippen molar-refractivity contribution < 1.29 is 79.5 Å². The smallest absolute Gasteiger partial charge is 0.253 e. The first-order valence-corrected chi connectivity index (χ1v) is 51.8. The van der Waals surface area contributed by atoms with E-state index in [9.17, 15) is 46.3 Å². The molecule has 5 atom stereocenters. The molecule has 12 aromatic rings. The molecule has 0 spiro atoms. The third-order valence-corrected chi connectivity index (χ3v) is 27.0. The van der Waals surface area contributed by atoms with Crippen molar-refractivity contribution in [2.75, 3.05) is 7.11 Å². The summed E-state index contributed by atoms with van der Waals surface area (Å²) in [7, 11) is 1.61. The minimum absolute atomic E-state index is 0.0406. The summed E-state index contributed by atoms with van der Waals surface area (Å²) in [5.74, 6) is 3.67. The lowest BCUT2D eigenvalue weighted by Crippen LogP contribution is -2.39. The summed E-state index contributed by atoms with van der Waals surface area (Å²) in [5.41, 5.74) is 7.59. The summed E-state index contributed by atoms with van der Waals surface area (Å²) >= 11 is 0. The van der Waals surface area contributed by atoms with E-state index in [1.807, 2.05) is 92.7 Å². The number of amides is 6. The molecular formula is C118H139F4N13O13. The molecule has 782 valence electrons. The average Bonchev–Trinajstić information content (AvgIpc) is 0.875. The molecule has 6 amide bonds. The number of rotatable bonds is 36. The van der Waals surface area contributed by atoms with Crippen LogP contribution < -0.4 is 65.1 Å². The van der Waals surface area contributed by atoms with Crippen molar-refractivity contribution in [3.8, 4) is 40.2 Å². The number of carbonyl (C=O) groups is 6. The first-order valence-electron chi connectivity index (χ1n) is 51.8. The molecule has 6 N–H and O–H groups in total. The Labute approximate surface area is 866 Å². The lowest BCUT2D eigenvalue weighted by molar-refractivity contribution is 0.0908. The van der Waals surface area contributed by atoms with Gasteiger partial charge in [-0.25, -0.2) is 17.6 Å². The van der Waals surface area contributed by atoms with E-state index in [0.29, 0.717) is 117 Å². The number of halogens is 4. The maximum absolute atomic E-state index is 13.1. The number of nitrogens with zero attached hydrogens (tertiary/aromatic N) is 7. The van der Waals surface area contributed by atoms with Gasteiger partial charge in [-0.15, -0.1) is 0 Å². The largest absolute Gasteiger partial charge is 0.493 e. The number of benzene rings is 5. The Bertz CT molecular complexity index is 5890. The van der Waals surface area contributed by atoms with E-state index in [-0.39, 0.29) is 109 Å². The molecule has 0 radical (unpaired) electrons. The van der Waals surface area contributed by atoms with Gasteiger partial charge in [-0.2, -0.15) is 0 Å². The minimum Gasteiger partial charge on any atom is -0.493 e. The lowest BCUT2D eigenvalue weighted by atomic mass is 9.84. The van der Waals surface area contributed by atoms with Crippen molar-refractivity contribution in [1.82, 2.24) is 66.8 Å². The fourth-order valence-corrected chi connectivity index (χ4v) is 17.6. The van der Waals surface area contributed by atoms with Gasteiger partial charge in [0.05, 0.1) is 74.7 Å². The topological polar surface area (TPSA) is 329 Å². The Balaban J connectivity index is 0.000000158. The third-order valence-electron chi connectivity index (χ3n) is 27.0. The van der Waals surface area contributed by atoms with E-state index in [1.165, 1.54) is 165 Å². The summed E-state index contributed by atoms with van der Waals surface area (Å²) < 4.78 is 90.9. The predicted octanol–water partition coefficient (Wildman–Crippen LogP) is 23.5. The van der Waals surface area contributed by atoms with Crippen LogP contribution in [0.25, 0.3) is 0 Å². The maximum atomic E-state index is 13.1. The maximum Gasteiger partial charge on any atom is 0.253 e. The summed E-state index contributed by atoms with van der Waals surface area (Å²) in [6.07, 6.45) is 42.0. The van der Waals surface area contributed by atoms with Crippen LogP contribution in [0.1, 0.15) is 292 Å². The molecule has 0 bridgehead atoms. The first-order chi connectivity index (χ1) is 71.9. The van der Waals surface area contributed by atoms with E-state index in [0.717, 1.165) is 72.5 Å². The van der Waals surface area contributed by atoms with Crippen LogP contribution in [-0.2, 0) is 39.6 Å². The van der Waals surface area contributed by atoms with Gasteiger partial charge in [-0.3, -0.25) is 63.7 Å². The molecule has 5 saturated carbocycles. The van der Waals surface area contributed by atoms with E-state index >= 15 is 0 Å². The average molecular weight is 2020 g/mol. The van der Waals surface area contributed by atoms with Crippen LogP contribution in [0.4, 0.5) is 17.6 Å². The van der Waals surface area contributed by atoms with Crippen molar-refractivity contribution in [3.63, 3.8) is 0 Å². The fourth-order valence-electron chi connectivity index (χ4n) is 17.6. The van der Waals surface area contributed by atoms with Gasteiger partial charge in [0.25, 0.3) is 35.4 Å². The molecule has 0 saturated heterocycles. The number of aromatic nitrogens is 7. The first kappa shape index (κ1) is 112. The molecule has 7 aromatic heterocycles. The van der Waals surface area contributed by atoms with Crippen LogP contribution in [0.3, 0.4) is 0 Å². The minimum atomic E-state index is -0.698. The quantitative estimate of drug-likeness (QED) is 0.0199. The Hall–Kier alpha value is -14.7. The van der Waals surface area contributed by atoms with E-state index in [4.69, 9.17) is 33.2 Å². The molecule has 148 heavy (non-hydrogen) atoms. The van der Waals surface area contributed by atoms with Crippen molar-refractivity contribution >= 4 is 35.4 Å². The highest BCUT2D eigenvalue weighted by Gasteiger charge is 2.28. The zero-order chi connectivity index (χ0) is 105. The molecule has 0 aliphatic heterocycles. The molecule has 30 heteroatoms. The number of hydrogen-bond acceptors (Lipinski definition) is 20. The van der Waals surface area contributed by atoms with Crippen molar-refractivity contribution in [1.29, 1.82) is 0 Å². The number of carbonyl (C=O) groups excluding carboxylic acids is 6. The number of pyridine rings is 7. The van der Waals surface area contributed by atoms with Crippen molar-refractivity contribution in [2.24, 2.45) is 23.7 Å². The number of hydrogen-bond donors (Lipinski definition) is 6. The predicted molar refractivity (Wildman–Crippen MR) is 561 cm³/mol. The fraction of sp³-hybridized carbons (Fsp3) is 0.398. The van der Waals surface area contributed by atoms with Crippen LogP contribution in [-0.4, -0.2) is 114 Å². The Kier molecular flexibility index (Phi) is 45.7. The normalized spacial score (nSPS) is 15.1. The van der Waals surface area contributed by atoms with Gasteiger partial charge in [0.1, 0.15) is 91.7 Å². The summed E-state index contributed by atoms with van der Waals surface area (Å²) in [5, 5.41) is 18.3. The van der Waals surface area contributed by atoms with E-state index in [2.05, 4.69) is 94.5 Å². The van der Waals surface area contributed by atoms with Crippen LogP contribution >= 0.6 is 0 Å². The highest BCUT2D eigenvalue weighted by Crippen LogP contribution is 2.33. The van der Waals surface area contributed by atoms with Crippen LogP contribution in [0.15, 0.2) is 256 Å². The molecule has 17 rings (SSSR count). The molecule has 5 aliphatic carbocycles. The lowest BCUT2D eigenvalue weighted by Gasteiger charge is -2.28. The standard InChI is InChI=1S/C22H28N2O3.C21H25FN2O2.C21H26N2O2.C20H25N3O2.C17H16F2N2O2.C17H19FN2O2/c1-16(17-8-4-3-5-9-17)24-22(25)18-12-13-19(23-14-18)15-27-21-11-7-6-10-20(21)26-2;1-15(16-6-3-2-4-7-16)24-21(25)17-10-11-19(23-13-17)14-26-20-9-5-8-18(22)12-20;1-16(17-8-4-2-5-9-17)23-21(24)18-12-13-19(22-14-18)15-25-20-10-6-3-7-11-20;1-15(16-5-3-2-4-6-16)23-20(24)17-7-8-18(22-13-17)14-25-19-9-11-21-12-10-19;18-12-6-13(19)8-16(7-12)23-10-15-5-4-11(9-20-15)17(22)21-14-2-1-3-14;1-3-12(2)20-17(21)13-7-8-15(19-10-13)11-22-16-6-4-5-14(18)9-16/h6-7,10-14,16-17H,3-5,8-9,15H2,1-2H3,(H,24,25);5,8-13,15-16H,2-4,6-7,14H2,1H3,(H,24,25);3,6-7,10-14,16-17H,2,4-5,8-9,15H2,1H3,(H,23,24);7-13,15-16H,2-6,14H2,1H3,(H,23,24);4-9,14H,1-3,10H2,(H,21,22);4-10,12H,3,11H2,1-2H3,(H,20,21)/t16-;15-;16-;15-;;12-/m1101.1/s1. The van der Waals surface area contributed by atoms with Crippen LogP contribution in [0.2, 0.25) is 0 Å². The van der Waals surface area contributed by atoms with Crippen LogP contribution in [0.5, 0.6) is 40.2 Å². The summed E-state index contributed by atoms with van der Waals surface area (Å²) in [4.78, 5) is 103. The molecule has 26 nitrogen and oxygen atoms in total. The van der Waals surface area contributed by atoms with E-state index in [1.54, 1.807) is 129 Å². The highest BCUT2D eigenvalue weighted by molar-refractivity contribution is 5.97. The number of methoxy groups -OCH3 is 1. The second kappa shape index (κ2) is 60.4. The highest BCUT2D eigenvalue weighted by atomic mass is 19.1. The molecular weight excluding hydrogens is 1880 g/mol. The van der Waals surface area contributed by atoms with Gasteiger partial charge in [-0.1, -0.05) is 126 Å². The number of ether oxygens (including phenoxy) is 7. The van der Waals surface area contributed by atoms with E-state index < -0.39 is 11.6 Å². The SMILES string of the molecule is CC[C@@H](C)NC(=O)c1ccc(COc2cccc(F)c2)nc1.COc1ccccc1OCc1ccc(C(=O)N[C@H](C)C2CCCCC2)cn1.C[C@@H](NC(=O)c1ccc(COc2cccc(F)c2)nc1)C1CCCCC1.C[C@@H](NC(=O)c1ccc(COc2ccncc2)nc1)C1CCCCC1.C[C@H](NC(=O)c1ccc(COc2ccccc2)nc1)C1CCCCC1.O=C(NC1CCC1)c1ccc(COc2cc(F)cc(F)c2)nc1. The second-order valence-corrected chi connectivity index (χ2v) is 38.2. The Morgan fingerprint density at radius 3 is 0.892 bits per heavy atom. The zero-order valence-electron chi connectivity index (χ0n) is 85.7. The third kappa shape index (κ3) is 38.6. The molecule has 7 heterocycles. The van der Waals surface area contributed by atoms with Crippen LogP contribution in [0, 0.1) is 46.9 Å². The second-order valence-electron chi connectivity index (χ2n) is 38.2. The summed E-state index contributed by atoms with van der Waals surface area (Å²) in [6, 6.07) is 58.0. The van der Waals surface area contributed by atoms with Crippen molar-refractivity contribution in [2.45, 2.75) is 272 Å². The van der Waals surface area contributed by atoms with Gasteiger partial charge in [-0.05, 0) is 269 Å². The Morgan fingerprint density at radius 1 is 0.291 bits per heavy atom. The monoisotopic (exact) mass is 2020 g/mol. The van der Waals surface area contributed by atoms with Gasteiger partial charge in [0.2, 0.25) is 0 Å². The van der Waals surface area contributed by atoms with Gasteiger partial charge in [0, 0.05) is 116 Å². The molecule has 5 aromatic carbocycles. The summed E-state index contributed by atoms with van der Waals surface area (Å²) in [6.45, 7) is 14.0. The van der Waals surface area contributed by atoms with Gasteiger partial charge >= 0.3 is 0 Å². The Morgan fingerprint density at radius 2 is 0.581 bits per heavy atom. The van der Waals surface area contributed by atoms with Gasteiger partial charge < -0.3 is 65.1 Å². The molecule has 0 unspecified atom stereocenters. The molecule has 5 fully saturated rings.